The second-order valence-corrected chi connectivity index (χ2v) is 7.20. The van der Waals surface area contributed by atoms with Crippen molar-refractivity contribution in [2.75, 3.05) is 37.2 Å². The molecule has 3 nitrogen and oxygen atoms in total. The molecule has 2 aliphatic rings. The van der Waals surface area contributed by atoms with E-state index < -0.39 is 0 Å². The average Bonchev–Trinajstić information content (AvgIpc) is 2.42. The van der Waals surface area contributed by atoms with Crippen molar-refractivity contribution in [2.24, 2.45) is 11.8 Å². The highest BCUT2D eigenvalue weighted by Crippen LogP contribution is 2.35. The van der Waals surface area contributed by atoms with E-state index in [9.17, 15) is 4.79 Å². The highest BCUT2D eigenvalue weighted by Gasteiger charge is 2.40. The van der Waals surface area contributed by atoms with E-state index in [0.29, 0.717) is 18.1 Å². The SMILES string of the molecule is CO[C@H]([C@@H]1CSCC[C@H]1OC)[C@@H]1CSCCC1=O. The Morgan fingerprint density at radius 1 is 1.22 bits per heavy atom. The zero-order valence-electron chi connectivity index (χ0n) is 11.1. The second kappa shape index (κ2) is 7.17. The Kier molecular flexibility index (Phi) is 5.86. The van der Waals surface area contributed by atoms with E-state index in [-0.39, 0.29) is 18.1 Å². The average molecular weight is 290 g/mol. The molecule has 2 saturated heterocycles. The standard InChI is InChI=1S/C13H22O3S2/c1-15-12-4-6-18-8-10(12)13(16-2)9-7-17-5-3-11(9)14/h9-10,12-13H,3-8H2,1-2H3/t9-,10-,12-,13+/m1/s1. The maximum atomic E-state index is 12.1. The molecule has 0 saturated carbocycles. The first-order valence-electron chi connectivity index (χ1n) is 6.51. The number of thioether (sulfide) groups is 2. The van der Waals surface area contributed by atoms with Gasteiger partial charge < -0.3 is 9.47 Å². The number of ether oxygens (including phenoxy) is 2. The van der Waals surface area contributed by atoms with Crippen LogP contribution in [0.2, 0.25) is 0 Å². The fourth-order valence-electron chi connectivity index (χ4n) is 2.92. The molecule has 0 amide bonds. The molecule has 0 aromatic heterocycles. The van der Waals surface area contributed by atoms with Gasteiger partial charge in [0.05, 0.1) is 18.1 Å². The molecule has 0 radical (unpaired) electrons. The first-order valence-corrected chi connectivity index (χ1v) is 8.82. The predicted molar refractivity (Wildman–Crippen MR) is 77.5 cm³/mol. The molecule has 0 N–H and O–H groups in total. The first-order chi connectivity index (χ1) is 8.77. The molecule has 2 heterocycles. The molecular weight excluding hydrogens is 268 g/mol. The molecule has 0 spiro atoms. The van der Waals surface area contributed by atoms with E-state index in [0.717, 1.165) is 29.4 Å². The van der Waals surface area contributed by atoms with Gasteiger partial charge in [0.15, 0.2) is 0 Å². The number of carbonyl (C=O) groups is 1. The Hall–Kier alpha value is 0.290. The van der Waals surface area contributed by atoms with E-state index in [4.69, 9.17) is 9.47 Å². The summed E-state index contributed by atoms with van der Waals surface area (Å²) >= 11 is 3.83. The van der Waals surface area contributed by atoms with Crippen molar-refractivity contribution < 1.29 is 14.3 Å². The van der Waals surface area contributed by atoms with Gasteiger partial charge in [-0.05, 0) is 12.2 Å². The summed E-state index contributed by atoms with van der Waals surface area (Å²) in [6.07, 6.45) is 2.05. The Balaban J connectivity index is 2.07. The quantitative estimate of drug-likeness (QED) is 0.792. The number of Topliss-reactive ketones (excluding diaryl/α,β-unsaturated/α-hetero) is 1. The van der Waals surface area contributed by atoms with E-state index in [1.807, 2.05) is 23.5 Å². The third-order valence-electron chi connectivity index (χ3n) is 3.93. The third-order valence-corrected chi connectivity index (χ3v) is 6.16. The molecule has 0 unspecified atom stereocenters. The zero-order chi connectivity index (χ0) is 13.0. The van der Waals surface area contributed by atoms with Crippen LogP contribution in [0.15, 0.2) is 0 Å². The number of ketones is 1. The van der Waals surface area contributed by atoms with Crippen molar-refractivity contribution in [3.8, 4) is 0 Å². The summed E-state index contributed by atoms with van der Waals surface area (Å²) in [5, 5.41) is 0. The van der Waals surface area contributed by atoms with Gasteiger partial charge in [-0.15, -0.1) is 0 Å². The molecule has 0 aromatic carbocycles. The number of hydrogen-bond acceptors (Lipinski definition) is 5. The fourth-order valence-corrected chi connectivity index (χ4v) is 5.30. The smallest absolute Gasteiger partial charge is 0.140 e. The summed E-state index contributed by atoms with van der Waals surface area (Å²) in [5.74, 6) is 4.88. The molecule has 4 atom stereocenters. The van der Waals surface area contributed by atoms with Crippen LogP contribution in [-0.2, 0) is 14.3 Å². The lowest BCUT2D eigenvalue weighted by Gasteiger charge is -2.39. The second-order valence-electron chi connectivity index (χ2n) is 4.90. The van der Waals surface area contributed by atoms with E-state index >= 15 is 0 Å². The molecule has 18 heavy (non-hydrogen) atoms. The molecule has 0 bridgehead atoms. The van der Waals surface area contributed by atoms with E-state index in [1.54, 1.807) is 14.2 Å². The highest BCUT2D eigenvalue weighted by atomic mass is 32.2. The summed E-state index contributed by atoms with van der Waals surface area (Å²) in [5.41, 5.74) is 0. The van der Waals surface area contributed by atoms with Crippen LogP contribution in [-0.4, -0.2) is 55.2 Å². The van der Waals surface area contributed by atoms with Gasteiger partial charge in [0.1, 0.15) is 5.78 Å². The summed E-state index contributed by atoms with van der Waals surface area (Å²) in [7, 11) is 3.51. The van der Waals surface area contributed by atoms with Crippen molar-refractivity contribution >= 4 is 29.3 Å². The van der Waals surface area contributed by atoms with Gasteiger partial charge >= 0.3 is 0 Å². The van der Waals surface area contributed by atoms with Crippen LogP contribution >= 0.6 is 23.5 Å². The van der Waals surface area contributed by atoms with Gasteiger partial charge in [-0.1, -0.05) is 0 Å². The summed E-state index contributed by atoms with van der Waals surface area (Å²) in [4.78, 5) is 12.1. The van der Waals surface area contributed by atoms with Crippen molar-refractivity contribution in [3.63, 3.8) is 0 Å². The summed E-state index contributed by atoms with van der Waals surface area (Å²) in [6.45, 7) is 0. The number of methoxy groups -OCH3 is 2. The lowest BCUT2D eigenvalue weighted by Crippen LogP contribution is -2.47. The van der Waals surface area contributed by atoms with Crippen LogP contribution in [0.25, 0.3) is 0 Å². The topological polar surface area (TPSA) is 35.5 Å². The molecule has 2 fully saturated rings. The van der Waals surface area contributed by atoms with E-state index in [2.05, 4.69) is 0 Å². The Morgan fingerprint density at radius 3 is 2.67 bits per heavy atom. The Bertz CT molecular complexity index is 285. The van der Waals surface area contributed by atoms with E-state index in [1.165, 1.54) is 0 Å². The molecule has 2 rings (SSSR count). The lowest BCUT2D eigenvalue weighted by molar-refractivity contribution is -0.130. The predicted octanol–water partition coefficient (Wildman–Crippen LogP) is 2.09. The van der Waals surface area contributed by atoms with Crippen molar-refractivity contribution in [1.82, 2.24) is 0 Å². The Labute approximate surface area is 118 Å². The Morgan fingerprint density at radius 2 is 2.00 bits per heavy atom. The molecular formula is C13H22O3S2. The van der Waals surface area contributed by atoms with Gasteiger partial charge in [0.2, 0.25) is 0 Å². The maximum Gasteiger partial charge on any atom is 0.140 e. The van der Waals surface area contributed by atoms with Crippen molar-refractivity contribution in [1.29, 1.82) is 0 Å². The number of hydrogen-bond donors (Lipinski definition) is 0. The monoisotopic (exact) mass is 290 g/mol. The van der Waals surface area contributed by atoms with Gasteiger partial charge in [-0.2, -0.15) is 23.5 Å². The molecule has 0 aromatic rings. The van der Waals surface area contributed by atoms with Gasteiger partial charge in [-0.3, -0.25) is 4.79 Å². The van der Waals surface area contributed by atoms with Crippen molar-refractivity contribution in [2.45, 2.75) is 25.0 Å². The molecule has 2 aliphatic heterocycles. The fraction of sp³-hybridized carbons (Fsp3) is 0.923. The third kappa shape index (κ3) is 3.24. The maximum absolute atomic E-state index is 12.1. The minimum absolute atomic E-state index is 0.0306. The minimum Gasteiger partial charge on any atom is -0.381 e. The van der Waals surface area contributed by atoms with Crippen LogP contribution in [0, 0.1) is 11.8 Å². The van der Waals surface area contributed by atoms with Crippen LogP contribution < -0.4 is 0 Å². The highest BCUT2D eigenvalue weighted by molar-refractivity contribution is 7.99. The van der Waals surface area contributed by atoms with Crippen LogP contribution in [0.4, 0.5) is 0 Å². The largest absolute Gasteiger partial charge is 0.381 e. The van der Waals surface area contributed by atoms with Crippen LogP contribution in [0.3, 0.4) is 0 Å². The van der Waals surface area contributed by atoms with Crippen molar-refractivity contribution in [3.05, 3.63) is 0 Å². The minimum atomic E-state index is 0.0306. The molecule has 0 aliphatic carbocycles. The number of rotatable bonds is 4. The summed E-state index contributed by atoms with van der Waals surface area (Å²) < 4.78 is 11.3. The normalized spacial score (nSPS) is 35.4. The molecule has 104 valence electrons. The van der Waals surface area contributed by atoms with Crippen LogP contribution in [0.1, 0.15) is 12.8 Å². The first kappa shape index (κ1) is 14.7. The zero-order valence-corrected chi connectivity index (χ0v) is 12.7. The lowest BCUT2D eigenvalue weighted by atomic mass is 9.84. The van der Waals surface area contributed by atoms with Gasteiger partial charge in [0, 0.05) is 43.8 Å². The van der Waals surface area contributed by atoms with Gasteiger partial charge in [0.25, 0.3) is 0 Å². The van der Waals surface area contributed by atoms with Crippen LogP contribution in [0.5, 0.6) is 0 Å². The summed E-state index contributed by atoms with van der Waals surface area (Å²) in [6, 6.07) is 0. The number of carbonyl (C=O) groups excluding carboxylic acids is 1. The molecule has 5 heteroatoms. The van der Waals surface area contributed by atoms with Gasteiger partial charge in [-0.25, -0.2) is 0 Å².